The predicted molar refractivity (Wildman–Crippen MR) is 96.1 cm³/mol. The highest BCUT2D eigenvalue weighted by molar-refractivity contribution is 6.32. The molecule has 0 spiro atoms. The van der Waals surface area contributed by atoms with Crippen molar-refractivity contribution in [1.29, 1.82) is 0 Å². The number of carbonyl (C=O) groups excluding carboxylic acids is 3. The largest absolute Gasteiger partial charge is 0.493 e. The molecule has 0 aliphatic rings. The van der Waals surface area contributed by atoms with Gasteiger partial charge in [0.15, 0.2) is 17.6 Å². The Kier molecular flexibility index (Phi) is 8.44. The number of methoxy groups -OCH3 is 1. The number of halogens is 1. The maximum atomic E-state index is 11.8. The van der Waals surface area contributed by atoms with Crippen LogP contribution in [0, 0.1) is 0 Å². The van der Waals surface area contributed by atoms with Crippen molar-refractivity contribution in [2.24, 2.45) is 5.73 Å². The Hall–Kier alpha value is -2.74. The minimum atomic E-state index is -1.18. The van der Waals surface area contributed by atoms with Crippen molar-refractivity contribution in [2.45, 2.75) is 26.4 Å². The molecule has 0 aliphatic heterocycles. The number of ether oxygens (including phenoxy) is 3. The van der Waals surface area contributed by atoms with E-state index in [-0.39, 0.29) is 0 Å². The summed E-state index contributed by atoms with van der Waals surface area (Å²) in [5.74, 6) is -0.749. The Balaban J connectivity index is 2.81. The monoisotopic (exact) mass is 384 g/mol. The highest BCUT2D eigenvalue weighted by Crippen LogP contribution is 2.36. The van der Waals surface area contributed by atoms with Gasteiger partial charge >= 0.3 is 12.0 Å². The smallest absolute Gasteiger partial charge is 0.331 e. The molecule has 0 saturated heterocycles. The summed E-state index contributed by atoms with van der Waals surface area (Å²) in [7, 11) is 1.48. The standard InChI is InChI=1S/C17H21ClN2O6/c1-4-7-25-15-12(18)8-11(9-13(15)24-3)5-6-14(21)26-10(2)16(22)20-17(19)23/h5-6,8-10H,4,7H2,1-3H3,(H3,19,20,22,23)/b6-5+/t10-/m0/s1. The molecule has 0 radical (unpaired) electrons. The summed E-state index contributed by atoms with van der Waals surface area (Å²) in [4.78, 5) is 33.8. The maximum absolute atomic E-state index is 11.8. The zero-order valence-corrected chi connectivity index (χ0v) is 15.5. The Morgan fingerprint density at radius 3 is 2.62 bits per heavy atom. The number of esters is 1. The zero-order chi connectivity index (χ0) is 19.7. The topological polar surface area (TPSA) is 117 Å². The lowest BCUT2D eigenvalue weighted by molar-refractivity contribution is -0.149. The molecule has 0 aromatic heterocycles. The van der Waals surface area contributed by atoms with Gasteiger partial charge in [-0.1, -0.05) is 18.5 Å². The Morgan fingerprint density at radius 2 is 2.04 bits per heavy atom. The van der Waals surface area contributed by atoms with Crippen LogP contribution in [-0.2, 0) is 14.3 Å². The SMILES string of the molecule is CCCOc1c(Cl)cc(/C=C/C(=O)O[C@@H](C)C(=O)NC(N)=O)cc1OC. The number of imide groups is 1. The third-order valence-corrected chi connectivity index (χ3v) is 3.30. The molecular formula is C17H21ClN2O6. The van der Waals surface area contributed by atoms with Gasteiger partial charge in [-0.15, -0.1) is 0 Å². The van der Waals surface area contributed by atoms with Crippen molar-refractivity contribution in [3.05, 3.63) is 28.8 Å². The van der Waals surface area contributed by atoms with Gasteiger partial charge in [0.05, 0.1) is 18.7 Å². The number of nitrogens with one attached hydrogen (secondary N) is 1. The average Bonchev–Trinajstić information content (AvgIpc) is 2.57. The summed E-state index contributed by atoms with van der Waals surface area (Å²) in [5.41, 5.74) is 5.39. The number of urea groups is 1. The molecule has 3 amide bonds. The molecule has 0 bridgehead atoms. The maximum Gasteiger partial charge on any atom is 0.331 e. The van der Waals surface area contributed by atoms with Crippen molar-refractivity contribution in [3.63, 3.8) is 0 Å². The first kappa shape index (κ1) is 21.3. The number of nitrogens with two attached hydrogens (primary N) is 1. The van der Waals surface area contributed by atoms with E-state index in [9.17, 15) is 14.4 Å². The Labute approximate surface area is 156 Å². The minimum Gasteiger partial charge on any atom is -0.493 e. The Bertz CT molecular complexity index is 705. The van der Waals surface area contributed by atoms with Gasteiger partial charge in [-0.25, -0.2) is 9.59 Å². The van der Waals surface area contributed by atoms with Crippen molar-refractivity contribution in [2.75, 3.05) is 13.7 Å². The number of hydrogen-bond donors (Lipinski definition) is 2. The first-order valence-electron chi connectivity index (χ1n) is 7.77. The van der Waals surface area contributed by atoms with Crippen molar-refractivity contribution in [3.8, 4) is 11.5 Å². The summed E-state index contributed by atoms with van der Waals surface area (Å²) in [5, 5.41) is 2.15. The van der Waals surface area contributed by atoms with E-state index in [4.69, 9.17) is 31.5 Å². The fourth-order valence-electron chi connectivity index (χ4n) is 1.83. The summed E-state index contributed by atoms with van der Waals surface area (Å²) < 4.78 is 15.7. The molecule has 0 heterocycles. The predicted octanol–water partition coefficient (Wildman–Crippen LogP) is 2.28. The molecular weight excluding hydrogens is 364 g/mol. The molecule has 3 N–H and O–H groups in total. The molecule has 1 aromatic rings. The van der Waals surface area contributed by atoms with E-state index < -0.39 is 24.0 Å². The summed E-state index contributed by atoms with van der Waals surface area (Å²) in [6.07, 6.45) is 2.20. The number of amides is 3. The van der Waals surface area contributed by atoms with Crippen LogP contribution in [0.3, 0.4) is 0 Å². The van der Waals surface area contributed by atoms with Gasteiger partial charge in [-0.2, -0.15) is 0 Å². The molecule has 8 nitrogen and oxygen atoms in total. The first-order chi connectivity index (χ1) is 12.3. The van der Waals surface area contributed by atoms with Gasteiger partial charge < -0.3 is 19.9 Å². The lowest BCUT2D eigenvalue weighted by Crippen LogP contribution is -2.42. The van der Waals surface area contributed by atoms with Gasteiger partial charge in [0.1, 0.15) is 0 Å². The molecule has 1 aromatic carbocycles. The highest BCUT2D eigenvalue weighted by Gasteiger charge is 2.18. The van der Waals surface area contributed by atoms with Gasteiger partial charge in [-0.05, 0) is 37.1 Å². The second kappa shape index (κ2) is 10.3. The van der Waals surface area contributed by atoms with Crippen LogP contribution in [0.15, 0.2) is 18.2 Å². The lowest BCUT2D eigenvalue weighted by atomic mass is 10.2. The quantitative estimate of drug-likeness (QED) is 0.524. The molecule has 0 unspecified atom stereocenters. The van der Waals surface area contributed by atoms with Crippen LogP contribution in [0.5, 0.6) is 11.5 Å². The Morgan fingerprint density at radius 1 is 1.35 bits per heavy atom. The first-order valence-corrected chi connectivity index (χ1v) is 8.15. The molecule has 0 fully saturated rings. The van der Waals surface area contributed by atoms with Gasteiger partial charge in [0.25, 0.3) is 5.91 Å². The number of hydrogen-bond acceptors (Lipinski definition) is 6. The number of primary amides is 1. The second-order valence-electron chi connectivity index (χ2n) is 5.15. The van der Waals surface area contributed by atoms with Crippen molar-refractivity contribution >= 4 is 35.6 Å². The minimum absolute atomic E-state index is 0.333. The van der Waals surface area contributed by atoms with Crippen LogP contribution in [0.25, 0.3) is 6.08 Å². The average molecular weight is 385 g/mol. The molecule has 26 heavy (non-hydrogen) atoms. The second-order valence-corrected chi connectivity index (χ2v) is 5.56. The normalized spacial score (nSPS) is 11.7. The molecule has 142 valence electrons. The number of carbonyl (C=O) groups is 3. The summed E-state index contributed by atoms with van der Waals surface area (Å²) >= 11 is 6.19. The van der Waals surface area contributed by atoms with E-state index in [0.717, 1.165) is 12.5 Å². The van der Waals surface area contributed by atoms with E-state index in [1.807, 2.05) is 12.2 Å². The lowest BCUT2D eigenvalue weighted by Gasteiger charge is -2.13. The molecule has 0 aliphatic carbocycles. The summed E-state index contributed by atoms with van der Waals surface area (Å²) in [6.45, 7) is 3.76. The molecule has 1 rings (SSSR count). The van der Waals surface area contributed by atoms with Crippen LogP contribution in [0.1, 0.15) is 25.8 Å². The summed E-state index contributed by atoms with van der Waals surface area (Å²) in [6, 6.07) is 2.21. The fourth-order valence-corrected chi connectivity index (χ4v) is 2.11. The van der Waals surface area contributed by atoms with E-state index in [0.29, 0.717) is 28.7 Å². The van der Waals surface area contributed by atoms with Gasteiger partial charge in [-0.3, -0.25) is 10.1 Å². The van der Waals surface area contributed by atoms with Gasteiger partial charge in [0, 0.05) is 6.08 Å². The third-order valence-electron chi connectivity index (χ3n) is 3.02. The van der Waals surface area contributed by atoms with E-state index >= 15 is 0 Å². The van der Waals surface area contributed by atoms with Crippen molar-refractivity contribution < 1.29 is 28.6 Å². The highest BCUT2D eigenvalue weighted by atomic mass is 35.5. The van der Waals surface area contributed by atoms with E-state index in [1.54, 1.807) is 12.1 Å². The molecule has 0 saturated carbocycles. The van der Waals surface area contributed by atoms with Crippen LogP contribution >= 0.6 is 11.6 Å². The van der Waals surface area contributed by atoms with Crippen molar-refractivity contribution in [1.82, 2.24) is 5.32 Å². The van der Waals surface area contributed by atoms with Gasteiger partial charge in [0.2, 0.25) is 0 Å². The third kappa shape index (κ3) is 6.64. The van der Waals surface area contributed by atoms with E-state index in [2.05, 4.69) is 0 Å². The molecule has 9 heteroatoms. The zero-order valence-electron chi connectivity index (χ0n) is 14.7. The number of rotatable bonds is 8. The van der Waals surface area contributed by atoms with Crippen LogP contribution < -0.4 is 20.5 Å². The van der Waals surface area contributed by atoms with Crippen LogP contribution in [0.2, 0.25) is 5.02 Å². The fraction of sp³-hybridized carbons (Fsp3) is 0.353. The van der Waals surface area contributed by atoms with Crippen LogP contribution in [-0.4, -0.2) is 37.7 Å². The number of benzene rings is 1. The van der Waals surface area contributed by atoms with E-state index in [1.165, 1.54) is 20.1 Å². The molecule has 1 atom stereocenters. The van der Waals surface area contributed by atoms with Crippen LogP contribution in [0.4, 0.5) is 4.79 Å².